The maximum absolute atomic E-state index is 10.7. The molecule has 0 saturated carbocycles. The van der Waals surface area contributed by atoms with Crippen LogP contribution in [0.4, 0.5) is 0 Å². The lowest BCUT2D eigenvalue weighted by molar-refractivity contribution is 0.0117. The van der Waals surface area contributed by atoms with Gasteiger partial charge in [0.05, 0.1) is 31.2 Å². The highest BCUT2D eigenvalue weighted by Gasteiger charge is 2.33. The number of nitriles is 1. The standard InChI is InChI=1S/C28H41N3O2/c1-3-4-5-6-7-18-31-19-15-23(26(21-31)28(32)13-16-29)10-8-9-22-14-17-30-27-12-11-24(33-2)20-25(22)27/h11-12,14,17,20,23,26,28,32H,3-10,13,15,18-19,21H2,1-2H3/t23-,26+,28?/m1/s1. The minimum absolute atomic E-state index is 0.198. The molecule has 33 heavy (non-hydrogen) atoms. The number of methoxy groups -OCH3 is 1. The van der Waals surface area contributed by atoms with Crippen LogP contribution in [0.5, 0.6) is 5.75 Å². The van der Waals surface area contributed by atoms with Crippen molar-refractivity contribution < 1.29 is 9.84 Å². The van der Waals surface area contributed by atoms with Gasteiger partial charge in [-0.15, -0.1) is 0 Å². The lowest BCUT2D eigenvalue weighted by atomic mass is 9.77. The highest BCUT2D eigenvalue weighted by atomic mass is 16.5. The number of pyridine rings is 1. The Morgan fingerprint density at radius 3 is 2.85 bits per heavy atom. The normalized spacial score (nSPS) is 19.9. The molecule has 180 valence electrons. The lowest BCUT2D eigenvalue weighted by Crippen LogP contribution is -2.45. The molecule has 2 heterocycles. The van der Waals surface area contributed by atoms with Crippen molar-refractivity contribution in [3.05, 3.63) is 36.0 Å². The number of unbranched alkanes of at least 4 members (excludes halogenated alkanes) is 4. The van der Waals surface area contributed by atoms with E-state index >= 15 is 0 Å². The number of aryl methyl sites for hydroxylation is 1. The van der Waals surface area contributed by atoms with Crippen LogP contribution in [0.1, 0.15) is 70.3 Å². The highest BCUT2D eigenvalue weighted by Crippen LogP contribution is 2.32. The molecule has 1 aromatic carbocycles. The first-order chi connectivity index (χ1) is 16.2. The summed E-state index contributed by atoms with van der Waals surface area (Å²) in [5, 5.41) is 21.1. The molecule has 5 heteroatoms. The third-order valence-electron chi connectivity index (χ3n) is 7.32. The minimum Gasteiger partial charge on any atom is -0.497 e. The van der Waals surface area contributed by atoms with E-state index in [1.54, 1.807) is 7.11 Å². The van der Waals surface area contributed by atoms with Gasteiger partial charge >= 0.3 is 0 Å². The van der Waals surface area contributed by atoms with Crippen molar-refractivity contribution >= 4 is 10.9 Å². The molecule has 1 fully saturated rings. The summed E-state index contributed by atoms with van der Waals surface area (Å²) in [6.45, 7) is 5.41. The average molecular weight is 452 g/mol. The number of ether oxygens (including phenoxy) is 1. The molecule has 0 amide bonds. The maximum Gasteiger partial charge on any atom is 0.119 e. The molecule has 1 N–H and O–H groups in total. The van der Waals surface area contributed by atoms with Crippen LogP contribution in [-0.2, 0) is 6.42 Å². The monoisotopic (exact) mass is 451 g/mol. The molecule has 5 nitrogen and oxygen atoms in total. The van der Waals surface area contributed by atoms with Crippen molar-refractivity contribution in [2.24, 2.45) is 11.8 Å². The van der Waals surface area contributed by atoms with Gasteiger partial charge in [-0.2, -0.15) is 5.26 Å². The lowest BCUT2D eigenvalue weighted by Gasteiger charge is -2.40. The molecule has 1 aliphatic heterocycles. The molecule has 1 aromatic heterocycles. The number of aliphatic hydroxyl groups is 1. The van der Waals surface area contributed by atoms with E-state index in [2.05, 4.69) is 35.0 Å². The summed E-state index contributed by atoms with van der Waals surface area (Å²) in [4.78, 5) is 7.02. The largest absolute Gasteiger partial charge is 0.497 e. The number of aromatic nitrogens is 1. The van der Waals surface area contributed by atoms with Crippen LogP contribution < -0.4 is 4.74 Å². The molecule has 1 unspecified atom stereocenters. The van der Waals surface area contributed by atoms with Crippen LogP contribution >= 0.6 is 0 Å². The number of likely N-dealkylation sites (tertiary alicyclic amines) is 1. The van der Waals surface area contributed by atoms with Crippen molar-refractivity contribution in [3.8, 4) is 11.8 Å². The molecule has 3 atom stereocenters. The number of piperidine rings is 1. The Labute approximate surface area is 199 Å². The van der Waals surface area contributed by atoms with Crippen molar-refractivity contribution in [2.75, 3.05) is 26.7 Å². The SMILES string of the molecule is CCCCCCCN1CC[C@@H](CCCc2ccnc3ccc(OC)cc23)[C@@H](C(O)CC#N)C1. The fourth-order valence-corrected chi connectivity index (χ4v) is 5.36. The summed E-state index contributed by atoms with van der Waals surface area (Å²) < 4.78 is 5.41. The summed E-state index contributed by atoms with van der Waals surface area (Å²) in [6.07, 6.45) is 12.3. The zero-order valence-electron chi connectivity index (χ0n) is 20.5. The smallest absolute Gasteiger partial charge is 0.119 e. The van der Waals surface area contributed by atoms with E-state index in [9.17, 15) is 10.4 Å². The molecule has 3 rings (SSSR count). The number of benzene rings is 1. The molecule has 0 aliphatic carbocycles. The van der Waals surface area contributed by atoms with Crippen molar-refractivity contribution in [2.45, 2.75) is 77.2 Å². The summed E-state index contributed by atoms with van der Waals surface area (Å²) in [6, 6.07) is 10.4. The first-order valence-electron chi connectivity index (χ1n) is 12.8. The van der Waals surface area contributed by atoms with E-state index < -0.39 is 6.10 Å². The van der Waals surface area contributed by atoms with Crippen LogP contribution in [0.15, 0.2) is 30.5 Å². The Morgan fingerprint density at radius 1 is 1.21 bits per heavy atom. The molecule has 1 aliphatic rings. The summed E-state index contributed by atoms with van der Waals surface area (Å²) in [7, 11) is 1.70. The predicted octanol–water partition coefficient (Wildman–Crippen LogP) is 5.75. The Morgan fingerprint density at radius 2 is 2.06 bits per heavy atom. The van der Waals surface area contributed by atoms with Gasteiger partial charge in [-0.3, -0.25) is 4.98 Å². The van der Waals surface area contributed by atoms with Gasteiger partial charge < -0.3 is 14.7 Å². The van der Waals surface area contributed by atoms with Gasteiger partial charge in [-0.1, -0.05) is 32.6 Å². The first-order valence-corrected chi connectivity index (χ1v) is 12.8. The molecule has 0 spiro atoms. The second-order valence-electron chi connectivity index (χ2n) is 9.60. The van der Waals surface area contributed by atoms with Crippen LogP contribution in [0.2, 0.25) is 0 Å². The van der Waals surface area contributed by atoms with E-state index in [4.69, 9.17) is 4.74 Å². The van der Waals surface area contributed by atoms with Crippen molar-refractivity contribution in [3.63, 3.8) is 0 Å². The number of nitrogens with zero attached hydrogens (tertiary/aromatic N) is 3. The zero-order valence-corrected chi connectivity index (χ0v) is 20.5. The van der Waals surface area contributed by atoms with Gasteiger partial charge in [0.15, 0.2) is 0 Å². The van der Waals surface area contributed by atoms with Gasteiger partial charge in [0.2, 0.25) is 0 Å². The van der Waals surface area contributed by atoms with Gasteiger partial charge in [-0.05, 0) is 80.9 Å². The van der Waals surface area contributed by atoms with Gasteiger partial charge in [0.25, 0.3) is 0 Å². The van der Waals surface area contributed by atoms with E-state index in [0.29, 0.717) is 5.92 Å². The zero-order chi connectivity index (χ0) is 23.5. The van der Waals surface area contributed by atoms with Crippen LogP contribution in [0.3, 0.4) is 0 Å². The number of aliphatic hydroxyl groups excluding tert-OH is 1. The fraction of sp³-hybridized carbons (Fsp3) is 0.643. The number of hydrogen-bond donors (Lipinski definition) is 1. The molecule has 0 bridgehead atoms. The van der Waals surface area contributed by atoms with Crippen molar-refractivity contribution in [1.29, 1.82) is 5.26 Å². The fourth-order valence-electron chi connectivity index (χ4n) is 5.36. The minimum atomic E-state index is -0.520. The topological polar surface area (TPSA) is 69.4 Å². The van der Waals surface area contributed by atoms with E-state index in [1.165, 1.54) is 37.7 Å². The summed E-state index contributed by atoms with van der Waals surface area (Å²) >= 11 is 0. The van der Waals surface area contributed by atoms with E-state index in [1.807, 2.05) is 18.3 Å². The summed E-state index contributed by atoms with van der Waals surface area (Å²) in [5.41, 5.74) is 2.31. The number of hydrogen-bond acceptors (Lipinski definition) is 5. The Hall–Kier alpha value is -2.16. The Bertz CT molecular complexity index is 894. The average Bonchev–Trinajstić information content (AvgIpc) is 2.84. The first kappa shape index (κ1) is 25.5. The van der Waals surface area contributed by atoms with E-state index in [0.717, 1.165) is 62.0 Å². The molecule has 2 aromatic rings. The molecule has 1 saturated heterocycles. The quantitative estimate of drug-likeness (QED) is 0.393. The molecular formula is C28H41N3O2. The predicted molar refractivity (Wildman–Crippen MR) is 134 cm³/mol. The summed E-state index contributed by atoms with van der Waals surface area (Å²) in [5.74, 6) is 1.54. The number of rotatable bonds is 13. The third-order valence-corrected chi connectivity index (χ3v) is 7.32. The van der Waals surface area contributed by atoms with Gasteiger partial charge in [0.1, 0.15) is 5.75 Å². The maximum atomic E-state index is 10.7. The molecular weight excluding hydrogens is 410 g/mol. The van der Waals surface area contributed by atoms with Crippen molar-refractivity contribution in [1.82, 2.24) is 9.88 Å². The Balaban J connectivity index is 1.57. The second-order valence-corrected chi connectivity index (χ2v) is 9.60. The highest BCUT2D eigenvalue weighted by molar-refractivity contribution is 5.83. The van der Waals surface area contributed by atoms with Crippen LogP contribution in [0.25, 0.3) is 10.9 Å². The second kappa shape index (κ2) is 13.5. The van der Waals surface area contributed by atoms with Gasteiger partial charge in [0, 0.05) is 24.0 Å². The molecule has 0 radical (unpaired) electrons. The van der Waals surface area contributed by atoms with Gasteiger partial charge in [-0.25, -0.2) is 0 Å². The third kappa shape index (κ3) is 7.42. The van der Waals surface area contributed by atoms with Crippen LogP contribution in [0, 0.1) is 23.2 Å². The van der Waals surface area contributed by atoms with Crippen LogP contribution in [-0.4, -0.2) is 47.8 Å². The van der Waals surface area contributed by atoms with E-state index in [-0.39, 0.29) is 12.3 Å². The number of fused-ring (bicyclic) bond motifs is 1. The Kier molecular flexibility index (Phi) is 10.4.